The first-order chi connectivity index (χ1) is 12.6. The molecule has 2 saturated heterocycles. The number of carbonyl (C=O) groups excluding carboxylic acids is 1. The van der Waals surface area contributed by atoms with Crippen molar-refractivity contribution in [1.29, 1.82) is 0 Å². The van der Waals surface area contributed by atoms with Gasteiger partial charge in [-0.3, -0.25) is 14.7 Å². The monoisotopic (exact) mass is 390 g/mol. The summed E-state index contributed by atoms with van der Waals surface area (Å²) in [6.45, 7) is 5.27. The molecule has 1 aromatic rings. The predicted molar refractivity (Wildman–Crippen MR) is 87.1 cm³/mol. The number of nitrogens with zero attached hydrogens (tertiary/aromatic N) is 4. The second kappa shape index (κ2) is 8.61. The lowest BCUT2D eigenvalue weighted by Gasteiger charge is -2.37. The van der Waals surface area contributed by atoms with Gasteiger partial charge in [0, 0.05) is 45.5 Å². The number of aryl methyl sites for hydroxylation is 1. The van der Waals surface area contributed by atoms with E-state index in [1.165, 1.54) is 0 Å². The predicted octanol–water partition coefficient (Wildman–Crippen LogP) is 0.963. The fourth-order valence-corrected chi connectivity index (χ4v) is 3.02. The van der Waals surface area contributed by atoms with Gasteiger partial charge in [-0.25, -0.2) is 9.78 Å². The highest BCUT2D eigenvalue weighted by Crippen LogP contribution is 2.24. The molecule has 0 spiro atoms. The highest BCUT2D eigenvalue weighted by Gasteiger charge is 2.38. The second-order valence-corrected chi connectivity index (χ2v) is 6.34. The minimum atomic E-state index is -5.08. The molecule has 1 aromatic heterocycles. The Labute approximate surface area is 153 Å². The van der Waals surface area contributed by atoms with Crippen LogP contribution >= 0.6 is 0 Å². The number of carbonyl (C=O) groups is 2. The molecule has 2 fully saturated rings. The van der Waals surface area contributed by atoms with Crippen molar-refractivity contribution in [3.8, 4) is 0 Å². The number of aliphatic carboxylic acids is 1. The lowest BCUT2D eigenvalue weighted by atomic mass is 10.1. The van der Waals surface area contributed by atoms with E-state index in [1.54, 1.807) is 19.5 Å². The zero-order chi connectivity index (χ0) is 20.2. The number of rotatable bonds is 2. The van der Waals surface area contributed by atoms with E-state index in [9.17, 15) is 18.0 Å². The Hall–Kier alpha value is -2.27. The van der Waals surface area contributed by atoms with Crippen molar-refractivity contribution in [3.05, 3.63) is 23.8 Å². The van der Waals surface area contributed by atoms with Crippen LogP contribution < -0.4 is 0 Å². The number of ether oxygens (including phenoxy) is 1. The lowest BCUT2D eigenvalue weighted by molar-refractivity contribution is -0.192. The van der Waals surface area contributed by atoms with Crippen LogP contribution in [0.25, 0.3) is 0 Å². The van der Waals surface area contributed by atoms with Crippen molar-refractivity contribution in [2.45, 2.75) is 31.7 Å². The molecule has 1 amide bonds. The average Bonchev–Trinajstić information content (AvgIpc) is 3.04. The Bertz CT molecular complexity index is 669. The fraction of sp³-hybridized carbons (Fsp3) is 0.625. The van der Waals surface area contributed by atoms with Crippen LogP contribution in [0, 0.1) is 6.92 Å². The average molecular weight is 390 g/mol. The molecule has 11 heteroatoms. The summed E-state index contributed by atoms with van der Waals surface area (Å²) in [5.74, 6) is -2.77. The van der Waals surface area contributed by atoms with Gasteiger partial charge in [0.1, 0.15) is 5.69 Å². The van der Waals surface area contributed by atoms with Gasteiger partial charge in [0.25, 0.3) is 5.91 Å². The van der Waals surface area contributed by atoms with Gasteiger partial charge in [-0.05, 0) is 13.3 Å². The lowest BCUT2D eigenvalue weighted by Crippen LogP contribution is -2.52. The maximum absolute atomic E-state index is 12.4. The molecular weight excluding hydrogens is 369 g/mol. The number of fused-ring (bicyclic) bond motifs is 1. The van der Waals surface area contributed by atoms with Gasteiger partial charge in [0.05, 0.1) is 18.0 Å². The van der Waals surface area contributed by atoms with E-state index in [1.807, 2.05) is 11.8 Å². The molecule has 2 atom stereocenters. The number of amides is 1. The van der Waals surface area contributed by atoms with Crippen molar-refractivity contribution in [2.24, 2.45) is 0 Å². The maximum atomic E-state index is 12.4. The summed E-state index contributed by atoms with van der Waals surface area (Å²) >= 11 is 0. The molecule has 0 aromatic carbocycles. The quantitative estimate of drug-likeness (QED) is 0.804. The number of carboxylic acid groups (broad SMARTS) is 1. The first-order valence-electron chi connectivity index (χ1n) is 8.26. The summed E-state index contributed by atoms with van der Waals surface area (Å²) in [6, 6.07) is 0.413. The zero-order valence-corrected chi connectivity index (χ0v) is 14.9. The Kier molecular flexibility index (Phi) is 6.71. The van der Waals surface area contributed by atoms with Gasteiger partial charge in [0.2, 0.25) is 0 Å². The standard InChI is InChI=1S/C14H20N4O2.C2HF3O2/c1-10-6-16-13(7-15-10)14(19)18-4-3-17-9-12(20-2)5-11(17)8-18;3-2(4,5)1(6)7/h6-7,11-12H,3-5,8-9H2,1-2H3;(H,6,7)/t11-,12+;/m0./s1. The number of carboxylic acids is 1. The molecule has 3 heterocycles. The SMILES string of the molecule is CO[C@@H]1C[C@H]2CN(C(=O)c3cnc(C)cn3)CCN2C1.O=C(O)C(F)(F)F. The summed E-state index contributed by atoms with van der Waals surface area (Å²) < 4.78 is 37.2. The van der Waals surface area contributed by atoms with Crippen LogP contribution in [0.2, 0.25) is 0 Å². The minimum Gasteiger partial charge on any atom is -0.475 e. The minimum absolute atomic E-state index is 0.0157. The van der Waals surface area contributed by atoms with Crippen LogP contribution in [-0.2, 0) is 9.53 Å². The van der Waals surface area contributed by atoms with Crippen molar-refractivity contribution in [2.75, 3.05) is 33.3 Å². The topological polar surface area (TPSA) is 95.9 Å². The van der Waals surface area contributed by atoms with Crippen molar-refractivity contribution < 1.29 is 32.6 Å². The van der Waals surface area contributed by atoms with E-state index in [2.05, 4.69) is 14.9 Å². The van der Waals surface area contributed by atoms with Crippen LogP contribution in [0.3, 0.4) is 0 Å². The van der Waals surface area contributed by atoms with Crippen LogP contribution in [-0.4, -0.2) is 88.4 Å². The summed E-state index contributed by atoms with van der Waals surface area (Å²) in [7, 11) is 1.76. The van der Waals surface area contributed by atoms with Gasteiger partial charge in [0.15, 0.2) is 0 Å². The maximum Gasteiger partial charge on any atom is 0.490 e. The van der Waals surface area contributed by atoms with Gasteiger partial charge in [-0.15, -0.1) is 0 Å². The number of piperazine rings is 1. The number of methoxy groups -OCH3 is 1. The largest absolute Gasteiger partial charge is 0.490 e. The van der Waals surface area contributed by atoms with Crippen molar-refractivity contribution >= 4 is 11.9 Å². The van der Waals surface area contributed by atoms with Crippen molar-refractivity contribution in [1.82, 2.24) is 19.8 Å². The first-order valence-corrected chi connectivity index (χ1v) is 8.26. The molecule has 2 aliphatic rings. The smallest absolute Gasteiger partial charge is 0.475 e. The summed E-state index contributed by atoms with van der Waals surface area (Å²) in [4.78, 5) is 33.9. The number of hydrogen-bond acceptors (Lipinski definition) is 6. The van der Waals surface area contributed by atoms with E-state index >= 15 is 0 Å². The fourth-order valence-electron chi connectivity index (χ4n) is 3.02. The number of alkyl halides is 3. The van der Waals surface area contributed by atoms with E-state index < -0.39 is 12.1 Å². The third-order valence-electron chi connectivity index (χ3n) is 4.44. The third-order valence-corrected chi connectivity index (χ3v) is 4.44. The highest BCUT2D eigenvalue weighted by molar-refractivity contribution is 5.92. The molecule has 0 radical (unpaired) electrons. The Morgan fingerprint density at radius 2 is 1.89 bits per heavy atom. The molecule has 1 N–H and O–H groups in total. The summed E-state index contributed by atoms with van der Waals surface area (Å²) in [6.07, 6.45) is -0.578. The van der Waals surface area contributed by atoms with Crippen LogP contribution in [0.1, 0.15) is 22.6 Å². The van der Waals surface area contributed by atoms with Gasteiger partial charge < -0.3 is 14.7 Å². The highest BCUT2D eigenvalue weighted by atomic mass is 19.4. The van der Waals surface area contributed by atoms with E-state index in [0.29, 0.717) is 17.8 Å². The third kappa shape index (κ3) is 5.60. The second-order valence-electron chi connectivity index (χ2n) is 6.34. The molecule has 150 valence electrons. The number of halogens is 3. The molecule has 0 aliphatic carbocycles. The van der Waals surface area contributed by atoms with E-state index in [-0.39, 0.29) is 5.91 Å². The molecule has 27 heavy (non-hydrogen) atoms. The number of hydrogen-bond donors (Lipinski definition) is 1. The summed E-state index contributed by atoms with van der Waals surface area (Å²) in [5.41, 5.74) is 1.26. The normalized spacial score (nSPS) is 22.6. The van der Waals surface area contributed by atoms with Gasteiger partial charge in [-0.2, -0.15) is 13.2 Å². The van der Waals surface area contributed by atoms with Gasteiger partial charge in [-0.1, -0.05) is 0 Å². The summed E-state index contributed by atoms with van der Waals surface area (Å²) in [5, 5.41) is 7.12. The van der Waals surface area contributed by atoms with Crippen LogP contribution in [0.5, 0.6) is 0 Å². The molecule has 0 unspecified atom stereocenters. The Morgan fingerprint density at radius 1 is 1.22 bits per heavy atom. The van der Waals surface area contributed by atoms with Crippen molar-refractivity contribution in [3.63, 3.8) is 0 Å². The molecule has 8 nitrogen and oxygen atoms in total. The molecular formula is C16H21F3N4O4. The van der Waals surface area contributed by atoms with E-state index in [0.717, 1.165) is 38.3 Å². The number of aromatic nitrogens is 2. The Balaban J connectivity index is 0.000000321. The zero-order valence-electron chi connectivity index (χ0n) is 14.9. The van der Waals surface area contributed by atoms with Gasteiger partial charge >= 0.3 is 12.1 Å². The molecule has 2 aliphatic heterocycles. The van der Waals surface area contributed by atoms with E-state index in [4.69, 9.17) is 14.6 Å². The first kappa shape index (κ1) is 21.0. The molecule has 3 rings (SSSR count). The molecule has 0 saturated carbocycles. The molecule has 0 bridgehead atoms. The Morgan fingerprint density at radius 3 is 2.41 bits per heavy atom. The van der Waals surface area contributed by atoms with Crippen LogP contribution in [0.4, 0.5) is 13.2 Å². The van der Waals surface area contributed by atoms with Crippen LogP contribution in [0.15, 0.2) is 12.4 Å².